The molecule has 7 heteroatoms. The molecule has 0 radical (unpaired) electrons. The molecule has 6 nitrogen and oxygen atoms in total. The molecule has 1 aliphatic rings. The smallest absolute Gasteiger partial charge is 0.317 e. The molecule has 0 aliphatic carbocycles. The van der Waals surface area contributed by atoms with Gasteiger partial charge < -0.3 is 20.1 Å². The molecule has 0 saturated carbocycles. The van der Waals surface area contributed by atoms with E-state index in [-0.39, 0.29) is 12.6 Å². The second kappa shape index (κ2) is 8.03. The Morgan fingerprint density at radius 3 is 3.00 bits per heavy atom. The van der Waals surface area contributed by atoms with Gasteiger partial charge in [0.2, 0.25) is 0 Å². The van der Waals surface area contributed by atoms with Gasteiger partial charge in [-0.1, -0.05) is 22.0 Å². The van der Waals surface area contributed by atoms with Crippen LogP contribution in [0.4, 0.5) is 4.79 Å². The summed E-state index contributed by atoms with van der Waals surface area (Å²) in [7, 11) is 0. The van der Waals surface area contributed by atoms with Crippen molar-refractivity contribution in [3.63, 3.8) is 0 Å². The number of halogens is 1. The Kier molecular flexibility index (Phi) is 6.06. The van der Waals surface area contributed by atoms with E-state index in [9.17, 15) is 9.59 Å². The van der Waals surface area contributed by atoms with E-state index < -0.39 is 11.9 Å². The molecule has 0 aromatic heterocycles. The maximum atomic E-state index is 12.0. The quantitative estimate of drug-likeness (QED) is 0.779. The highest BCUT2D eigenvalue weighted by Crippen LogP contribution is 2.18. The van der Waals surface area contributed by atoms with E-state index in [1.54, 1.807) is 4.90 Å². The Bertz CT molecular complexity index is 538. The summed E-state index contributed by atoms with van der Waals surface area (Å²) in [6.07, 6.45) is 1.35. The average Bonchev–Trinajstić information content (AvgIpc) is 2.51. The van der Waals surface area contributed by atoms with E-state index in [4.69, 9.17) is 9.84 Å². The maximum Gasteiger partial charge on any atom is 0.317 e. The number of likely N-dealkylation sites (tertiary alicyclic amines) is 1. The minimum absolute atomic E-state index is 0.233. The number of benzene rings is 1. The first-order valence-corrected chi connectivity index (χ1v) is 7.99. The predicted octanol–water partition coefficient (Wildman–Crippen LogP) is 2.33. The SMILES string of the molecule is O=C(O)C1CCCN(C(=O)NCCOc2cccc(Br)c2)C1. The lowest BCUT2D eigenvalue weighted by Gasteiger charge is -2.30. The van der Waals surface area contributed by atoms with Crippen LogP contribution in [0, 0.1) is 5.92 Å². The summed E-state index contributed by atoms with van der Waals surface area (Å²) in [5.41, 5.74) is 0. The molecule has 1 fully saturated rings. The van der Waals surface area contributed by atoms with Crippen LogP contribution in [0.5, 0.6) is 5.75 Å². The molecule has 1 heterocycles. The van der Waals surface area contributed by atoms with Crippen LogP contribution in [0.25, 0.3) is 0 Å². The number of piperidine rings is 1. The highest BCUT2D eigenvalue weighted by atomic mass is 79.9. The van der Waals surface area contributed by atoms with Crippen LogP contribution in [0.3, 0.4) is 0 Å². The van der Waals surface area contributed by atoms with Crippen molar-refractivity contribution in [1.29, 1.82) is 0 Å². The molecule has 1 aromatic rings. The lowest BCUT2D eigenvalue weighted by molar-refractivity contribution is -0.143. The number of ether oxygens (including phenoxy) is 1. The molecule has 1 unspecified atom stereocenters. The predicted molar refractivity (Wildman–Crippen MR) is 85.0 cm³/mol. The van der Waals surface area contributed by atoms with Crippen molar-refractivity contribution < 1.29 is 19.4 Å². The first kappa shape index (κ1) is 16.6. The zero-order valence-electron chi connectivity index (χ0n) is 12.1. The van der Waals surface area contributed by atoms with Gasteiger partial charge >= 0.3 is 12.0 Å². The molecule has 2 rings (SSSR count). The van der Waals surface area contributed by atoms with Crippen LogP contribution in [-0.2, 0) is 4.79 Å². The molecule has 0 spiro atoms. The van der Waals surface area contributed by atoms with Crippen LogP contribution in [0.1, 0.15) is 12.8 Å². The number of urea groups is 1. The fourth-order valence-corrected chi connectivity index (χ4v) is 2.74. The number of carbonyl (C=O) groups excluding carboxylic acids is 1. The summed E-state index contributed by atoms with van der Waals surface area (Å²) in [4.78, 5) is 24.5. The van der Waals surface area contributed by atoms with Crippen LogP contribution in [0.15, 0.2) is 28.7 Å². The highest BCUT2D eigenvalue weighted by molar-refractivity contribution is 9.10. The summed E-state index contributed by atoms with van der Waals surface area (Å²) >= 11 is 3.36. The van der Waals surface area contributed by atoms with Crippen molar-refractivity contribution in [2.45, 2.75) is 12.8 Å². The van der Waals surface area contributed by atoms with Gasteiger partial charge in [0.05, 0.1) is 12.5 Å². The van der Waals surface area contributed by atoms with E-state index in [1.165, 1.54) is 0 Å². The van der Waals surface area contributed by atoms with Crippen molar-refractivity contribution >= 4 is 27.9 Å². The van der Waals surface area contributed by atoms with Gasteiger partial charge in [0.25, 0.3) is 0 Å². The number of hydrogen-bond donors (Lipinski definition) is 2. The molecule has 120 valence electrons. The van der Waals surface area contributed by atoms with Gasteiger partial charge in [-0.05, 0) is 31.0 Å². The maximum absolute atomic E-state index is 12.0. The largest absolute Gasteiger partial charge is 0.492 e. The van der Waals surface area contributed by atoms with E-state index in [0.29, 0.717) is 26.1 Å². The van der Waals surface area contributed by atoms with Gasteiger partial charge in [0.1, 0.15) is 12.4 Å². The standard InChI is InChI=1S/C15H19BrN2O4/c16-12-4-1-5-13(9-12)22-8-6-17-15(21)18-7-2-3-11(10-18)14(19)20/h1,4-5,9,11H,2-3,6-8,10H2,(H,17,21)(H,19,20). The number of carbonyl (C=O) groups is 2. The Morgan fingerprint density at radius 2 is 2.27 bits per heavy atom. The third kappa shape index (κ3) is 4.91. The van der Waals surface area contributed by atoms with Gasteiger partial charge in [-0.25, -0.2) is 4.79 Å². The van der Waals surface area contributed by atoms with E-state index in [2.05, 4.69) is 21.2 Å². The Balaban J connectivity index is 1.70. The van der Waals surface area contributed by atoms with E-state index in [1.807, 2.05) is 24.3 Å². The van der Waals surface area contributed by atoms with Crippen molar-refractivity contribution in [2.75, 3.05) is 26.2 Å². The third-order valence-corrected chi connectivity index (χ3v) is 3.99. The van der Waals surface area contributed by atoms with Gasteiger partial charge in [-0.2, -0.15) is 0 Å². The molecule has 0 bridgehead atoms. The topological polar surface area (TPSA) is 78.9 Å². The van der Waals surface area contributed by atoms with E-state index >= 15 is 0 Å². The zero-order chi connectivity index (χ0) is 15.9. The number of nitrogens with one attached hydrogen (secondary N) is 1. The van der Waals surface area contributed by atoms with Gasteiger partial charge in [0.15, 0.2) is 0 Å². The number of rotatable bonds is 5. The Hall–Kier alpha value is -1.76. The molecule has 1 saturated heterocycles. The van der Waals surface area contributed by atoms with Crippen molar-refractivity contribution in [3.05, 3.63) is 28.7 Å². The van der Waals surface area contributed by atoms with Crippen LogP contribution >= 0.6 is 15.9 Å². The van der Waals surface area contributed by atoms with Crippen LogP contribution in [-0.4, -0.2) is 48.2 Å². The second-order valence-corrected chi connectivity index (χ2v) is 6.08. The lowest BCUT2D eigenvalue weighted by Crippen LogP contribution is -2.47. The second-order valence-electron chi connectivity index (χ2n) is 5.16. The van der Waals surface area contributed by atoms with Crippen LogP contribution in [0.2, 0.25) is 0 Å². The molecule has 2 N–H and O–H groups in total. The number of hydrogen-bond acceptors (Lipinski definition) is 3. The molecule has 1 atom stereocenters. The first-order chi connectivity index (χ1) is 10.6. The van der Waals surface area contributed by atoms with E-state index in [0.717, 1.165) is 16.6 Å². The summed E-state index contributed by atoms with van der Waals surface area (Å²) in [5, 5.41) is 11.8. The van der Waals surface area contributed by atoms with Crippen molar-refractivity contribution in [1.82, 2.24) is 10.2 Å². The number of carboxylic acids is 1. The summed E-state index contributed by atoms with van der Waals surface area (Å²) in [6.45, 7) is 1.60. The Morgan fingerprint density at radius 1 is 1.45 bits per heavy atom. The zero-order valence-corrected chi connectivity index (χ0v) is 13.7. The summed E-state index contributed by atoms with van der Waals surface area (Å²) < 4.78 is 6.46. The molecular formula is C15H19BrN2O4. The molecule has 2 amide bonds. The minimum Gasteiger partial charge on any atom is -0.492 e. The third-order valence-electron chi connectivity index (χ3n) is 3.50. The number of carboxylic acid groups (broad SMARTS) is 1. The molecular weight excluding hydrogens is 352 g/mol. The molecule has 22 heavy (non-hydrogen) atoms. The van der Waals surface area contributed by atoms with Gasteiger partial charge in [-0.15, -0.1) is 0 Å². The van der Waals surface area contributed by atoms with Crippen molar-refractivity contribution in [2.24, 2.45) is 5.92 Å². The summed E-state index contributed by atoms with van der Waals surface area (Å²) in [5.74, 6) is -0.569. The highest BCUT2D eigenvalue weighted by Gasteiger charge is 2.27. The van der Waals surface area contributed by atoms with Gasteiger partial charge in [0, 0.05) is 17.6 Å². The molecule has 1 aromatic carbocycles. The fraction of sp³-hybridized carbons (Fsp3) is 0.467. The molecule has 1 aliphatic heterocycles. The Labute approximate surface area is 137 Å². The first-order valence-electron chi connectivity index (χ1n) is 7.20. The minimum atomic E-state index is -0.838. The lowest BCUT2D eigenvalue weighted by atomic mass is 9.99. The van der Waals surface area contributed by atoms with Crippen LogP contribution < -0.4 is 10.1 Å². The monoisotopic (exact) mass is 370 g/mol. The normalized spacial score (nSPS) is 17.9. The fourth-order valence-electron chi connectivity index (χ4n) is 2.36. The number of nitrogens with zero attached hydrogens (tertiary/aromatic N) is 1. The van der Waals surface area contributed by atoms with Gasteiger partial charge in [-0.3, -0.25) is 4.79 Å². The summed E-state index contributed by atoms with van der Waals surface area (Å²) in [6, 6.07) is 7.24. The number of aliphatic carboxylic acids is 1. The average molecular weight is 371 g/mol. The van der Waals surface area contributed by atoms with Crippen molar-refractivity contribution in [3.8, 4) is 5.75 Å². The number of amides is 2.